The molecule has 0 saturated heterocycles. The summed E-state index contributed by atoms with van der Waals surface area (Å²) in [6.07, 6.45) is 19.8. The molecule has 1 nitrogen and oxygen atoms in total. The second kappa shape index (κ2) is 10.1. The molecular formula is C25H37N. The van der Waals surface area contributed by atoms with E-state index >= 15 is 0 Å². The smallest absolute Gasteiger partial charge is 0.0991 e. The highest BCUT2D eigenvalue weighted by atomic mass is 14.3. The van der Waals surface area contributed by atoms with Gasteiger partial charge in [0.15, 0.2) is 0 Å². The Balaban J connectivity index is 1.35. The van der Waals surface area contributed by atoms with E-state index in [-0.39, 0.29) is 0 Å². The topological polar surface area (TPSA) is 23.8 Å². The molecule has 0 aromatic heterocycles. The Kier molecular flexibility index (Phi) is 7.60. The third-order valence-electron chi connectivity index (χ3n) is 7.08. The molecule has 1 fully saturated rings. The first-order valence-corrected chi connectivity index (χ1v) is 11.3. The number of hydrogen-bond donors (Lipinski definition) is 0. The van der Waals surface area contributed by atoms with Gasteiger partial charge < -0.3 is 0 Å². The molecule has 2 aliphatic carbocycles. The highest BCUT2D eigenvalue weighted by Gasteiger charge is 2.23. The van der Waals surface area contributed by atoms with Crippen molar-refractivity contribution in [2.45, 2.75) is 96.8 Å². The van der Waals surface area contributed by atoms with Crippen molar-refractivity contribution in [3.8, 4) is 6.07 Å². The predicted octanol–water partition coefficient (Wildman–Crippen LogP) is 7.22. The predicted molar refractivity (Wildman–Crippen MR) is 110 cm³/mol. The van der Waals surface area contributed by atoms with Gasteiger partial charge in [0, 0.05) is 0 Å². The average molecular weight is 352 g/mol. The molecule has 2 aliphatic rings. The number of nitriles is 1. The lowest BCUT2D eigenvalue weighted by atomic mass is 9.75. The highest BCUT2D eigenvalue weighted by Crippen LogP contribution is 2.36. The number of aryl methyl sites for hydroxylation is 1. The zero-order valence-electron chi connectivity index (χ0n) is 16.8. The summed E-state index contributed by atoms with van der Waals surface area (Å²) in [6, 6.07) is 8.61. The fourth-order valence-electron chi connectivity index (χ4n) is 5.29. The molecule has 26 heavy (non-hydrogen) atoms. The Morgan fingerprint density at radius 2 is 1.58 bits per heavy atom. The molecule has 1 heteroatoms. The Hall–Kier alpha value is -1.29. The lowest BCUT2D eigenvalue weighted by Gasteiger charge is -2.31. The van der Waals surface area contributed by atoms with Crippen molar-refractivity contribution in [2.75, 3.05) is 0 Å². The van der Waals surface area contributed by atoms with Gasteiger partial charge in [-0.3, -0.25) is 0 Å². The molecule has 0 radical (unpaired) electrons. The van der Waals surface area contributed by atoms with Gasteiger partial charge in [-0.15, -0.1) is 0 Å². The maximum absolute atomic E-state index is 9.06. The van der Waals surface area contributed by atoms with Crippen LogP contribution >= 0.6 is 0 Å². The summed E-state index contributed by atoms with van der Waals surface area (Å²) in [5.41, 5.74) is 3.77. The summed E-state index contributed by atoms with van der Waals surface area (Å²) < 4.78 is 0. The second-order valence-electron chi connectivity index (χ2n) is 9.02. The van der Waals surface area contributed by atoms with Gasteiger partial charge in [-0.2, -0.15) is 5.26 Å². The summed E-state index contributed by atoms with van der Waals surface area (Å²) in [5, 5.41) is 9.06. The summed E-state index contributed by atoms with van der Waals surface area (Å²) in [4.78, 5) is 0. The van der Waals surface area contributed by atoms with Crippen LogP contribution in [0.2, 0.25) is 0 Å². The first kappa shape index (κ1) is 19.5. The van der Waals surface area contributed by atoms with Gasteiger partial charge in [0.1, 0.15) is 0 Å². The van der Waals surface area contributed by atoms with Crippen LogP contribution in [-0.2, 0) is 12.8 Å². The van der Waals surface area contributed by atoms with Crippen molar-refractivity contribution in [1.82, 2.24) is 0 Å². The molecule has 1 atom stereocenters. The molecule has 0 bridgehead atoms. The van der Waals surface area contributed by atoms with Gasteiger partial charge in [-0.1, -0.05) is 77.2 Å². The lowest BCUT2D eigenvalue weighted by molar-refractivity contribution is 0.233. The van der Waals surface area contributed by atoms with Crippen LogP contribution < -0.4 is 0 Å². The van der Waals surface area contributed by atoms with Crippen molar-refractivity contribution < 1.29 is 0 Å². The molecule has 3 rings (SSSR count). The van der Waals surface area contributed by atoms with E-state index in [0.29, 0.717) is 0 Å². The summed E-state index contributed by atoms with van der Waals surface area (Å²) in [6.45, 7) is 2.31. The molecule has 0 spiro atoms. The minimum atomic E-state index is 0.827. The second-order valence-corrected chi connectivity index (χ2v) is 9.02. The van der Waals surface area contributed by atoms with Crippen LogP contribution in [0, 0.1) is 29.1 Å². The third kappa shape index (κ3) is 5.60. The maximum atomic E-state index is 9.06. The van der Waals surface area contributed by atoms with Crippen LogP contribution in [0.1, 0.15) is 101 Å². The molecule has 1 saturated carbocycles. The quantitative estimate of drug-likeness (QED) is 0.453. The van der Waals surface area contributed by atoms with Gasteiger partial charge in [0.2, 0.25) is 0 Å². The van der Waals surface area contributed by atoms with E-state index in [0.717, 1.165) is 23.3 Å². The Labute approximate surface area is 161 Å². The molecular weight excluding hydrogens is 314 g/mol. The largest absolute Gasteiger partial charge is 0.192 e. The van der Waals surface area contributed by atoms with Crippen molar-refractivity contribution in [3.63, 3.8) is 0 Å². The third-order valence-corrected chi connectivity index (χ3v) is 7.08. The number of nitrogens with zero attached hydrogens (tertiary/aromatic N) is 1. The summed E-state index contributed by atoms with van der Waals surface area (Å²) in [7, 11) is 0. The zero-order valence-corrected chi connectivity index (χ0v) is 16.8. The fraction of sp³-hybridized carbons (Fsp3) is 0.720. The van der Waals surface area contributed by atoms with Crippen LogP contribution in [0.4, 0.5) is 0 Å². The van der Waals surface area contributed by atoms with Gasteiger partial charge in [-0.25, -0.2) is 0 Å². The van der Waals surface area contributed by atoms with Crippen molar-refractivity contribution in [2.24, 2.45) is 17.8 Å². The van der Waals surface area contributed by atoms with E-state index in [1.165, 1.54) is 101 Å². The SMILES string of the molecule is CCCCCCC1CCC(CCC2CCc3cc(C#N)ccc3C2)CC1. The van der Waals surface area contributed by atoms with Gasteiger partial charge in [-0.05, 0) is 66.7 Å². The van der Waals surface area contributed by atoms with Crippen LogP contribution in [-0.4, -0.2) is 0 Å². The first-order chi connectivity index (χ1) is 12.8. The van der Waals surface area contributed by atoms with E-state index < -0.39 is 0 Å². The molecule has 0 N–H and O–H groups in total. The van der Waals surface area contributed by atoms with E-state index in [1.807, 2.05) is 6.07 Å². The van der Waals surface area contributed by atoms with Crippen molar-refractivity contribution in [3.05, 3.63) is 34.9 Å². The fourth-order valence-corrected chi connectivity index (χ4v) is 5.29. The Morgan fingerprint density at radius 1 is 0.846 bits per heavy atom. The van der Waals surface area contributed by atoms with E-state index in [9.17, 15) is 0 Å². The molecule has 0 aliphatic heterocycles. The molecule has 1 aromatic rings. The van der Waals surface area contributed by atoms with Crippen LogP contribution in [0.5, 0.6) is 0 Å². The number of fused-ring (bicyclic) bond motifs is 1. The van der Waals surface area contributed by atoms with Gasteiger partial charge >= 0.3 is 0 Å². The molecule has 1 unspecified atom stereocenters. The lowest BCUT2D eigenvalue weighted by Crippen LogP contribution is -2.18. The molecule has 1 aromatic carbocycles. The maximum Gasteiger partial charge on any atom is 0.0991 e. The van der Waals surface area contributed by atoms with Crippen LogP contribution in [0.25, 0.3) is 0 Å². The molecule has 0 amide bonds. The molecule has 0 heterocycles. The normalized spacial score (nSPS) is 25.5. The number of rotatable bonds is 8. The van der Waals surface area contributed by atoms with E-state index in [4.69, 9.17) is 5.26 Å². The van der Waals surface area contributed by atoms with E-state index in [1.54, 1.807) is 0 Å². The number of hydrogen-bond acceptors (Lipinski definition) is 1. The van der Waals surface area contributed by atoms with Crippen molar-refractivity contribution >= 4 is 0 Å². The first-order valence-electron chi connectivity index (χ1n) is 11.3. The number of unbranched alkanes of at least 4 members (excludes halogenated alkanes) is 3. The average Bonchev–Trinajstić information content (AvgIpc) is 2.70. The van der Waals surface area contributed by atoms with Crippen LogP contribution in [0.15, 0.2) is 18.2 Å². The zero-order chi connectivity index (χ0) is 18.2. The molecule has 142 valence electrons. The van der Waals surface area contributed by atoms with E-state index in [2.05, 4.69) is 25.1 Å². The summed E-state index contributed by atoms with van der Waals surface area (Å²) in [5.74, 6) is 2.92. The minimum Gasteiger partial charge on any atom is -0.192 e. The minimum absolute atomic E-state index is 0.827. The van der Waals surface area contributed by atoms with Crippen molar-refractivity contribution in [1.29, 1.82) is 5.26 Å². The summed E-state index contributed by atoms with van der Waals surface area (Å²) >= 11 is 0. The van der Waals surface area contributed by atoms with Gasteiger partial charge in [0.05, 0.1) is 11.6 Å². The van der Waals surface area contributed by atoms with Crippen LogP contribution in [0.3, 0.4) is 0 Å². The Bertz CT molecular complexity index is 589. The monoisotopic (exact) mass is 351 g/mol. The van der Waals surface area contributed by atoms with Gasteiger partial charge in [0.25, 0.3) is 0 Å². The number of benzene rings is 1. The highest BCUT2D eigenvalue weighted by molar-refractivity contribution is 5.39. The Morgan fingerprint density at radius 3 is 2.31 bits per heavy atom. The standard InChI is InChI=1S/C25H37N/c1-2-3-4-5-6-20-7-9-21(10-8-20)11-12-22-13-15-25-18-23(19-26)14-16-24(25)17-22/h14,16,18,20-22H,2-13,15,17H2,1H3.